The third-order valence-electron chi connectivity index (χ3n) is 8.21. The standard InChI is InChI=1S/C37H61NO8/c1-5-7-9-12-15-18-30(39)19-16-13-10-11-14-17-20-32(33(36(41)42)25-27-44-3)35(40)38-34(37(43)45-4)28-29-21-23-31(24-22-29)46-26-8-6-2/h17,20-24,32-34,36,41-42H,5-16,18-19,25-28H2,1-4H3,(H,38,40)/b20-17+/t32-,33+,34-/m0/s1. The minimum atomic E-state index is -1.75. The maximum absolute atomic E-state index is 13.6. The quantitative estimate of drug-likeness (QED) is 0.0408. The van der Waals surface area contributed by atoms with E-state index in [9.17, 15) is 24.6 Å². The minimum Gasteiger partial charge on any atom is -0.494 e. The number of hydrogen-bond acceptors (Lipinski definition) is 8. The van der Waals surface area contributed by atoms with Gasteiger partial charge in [0.1, 0.15) is 17.6 Å². The van der Waals surface area contributed by atoms with Gasteiger partial charge in [-0.25, -0.2) is 4.79 Å². The van der Waals surface area contributed by atoms with E-state index in [4.69, 9.17) is 14.2 Å². The van der Waals surface area contributed by atoms with E-state index >= 15 is 0 Å². The number of allylic oxidation sites excluding steroid dienone is 1. The Morgan fingerprint density at radius 1 is 0.826 bits per heavy atom. The first-order valence-electron chi connectivity index (χ1n) is 17.4. The van der Waals surface area contributed by atoms with E-state index in [2.05, 4.69) is 19.2 Å². The number of ketones is 1. The highest BCUT2D eigenvalue weighted by Crippen LogP contribution is 2.23. The maximum atomic E-state index is 13.6. The molecule has 0 saturated heterocycles. The smallest absolute Gasteiger partial charge is 0.328 e. The van der Waals surface area contributed by atoms with Crippen LogP contribution in [0, 0.1) is 11.8 Å². The molecule has 1 rings (SSSR count). The third-order valence-corrected chi connectivity index (χ3v) is 8.21. The van der Waals surface area contributed by atoms with E-state index in [-0.39, 0.29) is 19.4 Å². The van der Waals surface area contributed by atoms with E-state index in [1.807, 2.05) is 30.3 Å². The largest absolute Gasteiger partial charge is 0.494 e. The summed E-state index contributed by atoms with van der Waals surface area (Å²) < 4.78 is 15.9. The number of amides is 1. The Labute approximate surface area is 277 Å². The lowest BCUT2D eigenvalue weighted by Crippen LogP contribution is -2.48. The molecule has 1 aromatic carbocycles. The van der Waals surface area contributed by atoms with Gasteiger partial charge in [0.25, 0.3) is 0 Å². The average molecular weight is 648 g/mol. The first-order chi connectivity index (χ1) is 22.3. The van der Waals surface area contributed by atoms with Crippen LogP contribution in [-0.4, -0.2) is 67.6 Å². The number of hydrogen-bond donors (Lipinski definition) is 3. The molecule has 0 saturated carbocycles. The van der Waals surface area contributed by atoms with Crippen LogP contribution in [0.4, 0.5) is 0 Å². The van der Waals surface area contributed by atoms with Crippen molar-refractivity contribution in [2.45, 2.75) is 129 Å². The van der Waals surface area contributed by atoms with Crippen molar-refractivity contribution < 1.29 is 38.8 Å². The van der Waals surface area contributed by atoms with Crippen LogP contribution in [0.25, 0.3) is 0 Å². The van der Waals surface area contributed by atoms with E-state index in [0.29, 0.717) is 31.7 Å². The number of unbranched alkanes of at least 4 members (excludes halogenated alkanes) is 9. The van der Waals surface area contributed by atoms with Gasteiger partial charge in [-0.3, -0.25) is 9.59 Å². The lowest BCUT2D eigenvalue weighted by atomic mass is 9.87. The van der Waals surface area contributed by atoms with Gasteiger partial charge in [-0.2, -0.15) is 0 Å². The summed E-state index contributed by atoms with van der Waals surface area (Å²) in [7, 11) is 2.79. The number of nitrogens with one attached hydrogen (secondary N) is 1. The molecule has 0 bridgehead atoms. The second-order valence-electron chi connectivity index (χ2n) is 12.1. The van der Waals surface area contributed by atoms with E-state index in [1.54, 1.807) is 6.08 Å². The number of benzene rings is 1. The van der Waals surface area contributed by atoms with Crippen LogP contribution < -0.4 is 10.1 Å². The third kappa shape index (κ3) is 18.4. The summed E-state index contributed by atoms with van der Waals surface area (Å²) in [6.45, 7) is 5.16. The van der Waals surface area contributed by atoms with E-state index < -0.39 is 36.0 Å². The van der Waals surface area contributed by atoms with Crippen LogP contribution in [0.15, 0.2) is 36.4 Å². The molecular formula is C37H61NO8. The maximum Gasteiger partial charge on any atom is 0.328 e. The number of esters is 1. The molecule has 0 spiro atoms. The number of aliphatic hydroxyl groups is 2. The summed E-state index contributed by atoms with van der Waals surface area (Å²) in [5.41, 5.74) is 0.817. The van der Waals surface area contributed by atoms with Crippen LogP contribution >= 0.6 is 0 Å². The molecule has 0 fully saturated rings. The van der Waals surface area contributed by atoms with Crippen molar-refractivity contribution in [1.82, 2.24) is 5.32 Å². The topological polar surface area (TPSA) is 131 Å². The average Bonchev–Trinajstić information content (AvgIpc) is 3.04. The van der Waals surface area contributed by atoms with Gasteiger partial charge in [-0.1, -0.05) is 83.1 Å². The molecule has 0 aromatic heterocycles. The Kier molecular flexibility index (Phi) is 23.6. The Morgan fingerprint density at radius 3 is 2.04 bits per heavy atom. The Balaban J connectivity index is 2.76. The fourth-order valence-electron chi connectivity index (χ4n) is 5.32. The molecule has 1 aromatic rings. The van der Waals surface area contributed by atoms with Crippen molar-refractivity contribution in [3.05, 3.63) is 42.0 Å². The summed E-state index contributed by atoms with van der Waals surface area (Å²) in [5, 5.41) is 23.2. The number of carbonyl (C=O) groups excluding carboxylic acids is 3. The molecule has 0 aliphatic heterocycles. The highest BCUT2D eigenvalue weighted by atomic mass is 16.5. The Bertz CT molecular complexity index is 978. The van der Waals surface area contributed by atoms with Gasteiger partial charge in [0.15, 0.2) is 6.29 Å². The second-order valence-corrected chi connectivity index (χ2v) is 12.1. The van der Waals surface area contributed by atoms with E-state index in [0.717, 1.165) is 62.7 Å². The number of Topliss-reactive ketones (excluding diaryl/α,β-unsaturated/α-hetero) is 1. The lowest BCUT2D eigenvalue weighted by Gasteiger charge is -2.27. The zero-order valence-corrected chi connectivity index (χ0v) is 28.8. The Morgan fingerprint density at radius 2 is 1.46 bits per heavy atom. The molecule has 9 heteroatoms. The van der Waals surface area contributed by atoms with Crippen LogP contribution in [-0.2, 0) is 30.3 Å². The van der Waals surface area contributed by atoms with Crippen LogP contribution in [0.1, 0.15) is 116 Å². The first-order valence-corrected chi connectivity index (χ1v) is 17.4. The van der Waals surface area contributed by atoms with E-state index in [1.165, 1.54) is 33.5 Å². The zero-order chi connectivity index (χ0) is 34.0. The zero-order valence-electron chi connectivity index (χ0n) is 28.8. The molecule has 262 valence electrons. The fourth-order valence-corrected chi connectivity index (χ4v) is 5.32. The number of carbonyl (C=O) groups is 3. The number of rotatable bonds is 28. The first kappa shape index (κ1) is 41.3. The summed E-state index contributed by atoms with van der Waals surface area (Å²) in [4.78, 5) is 38.4. The monoisotopic (exact) mass is 647 g/mol. The van der Waals surface area contributed by atoms with Crippen molar-refractivity contribution >= 4 is 17.7 Å². The minimum absolute atomic E-state index is 0.204. The molecule has 0 radical (unpaired) electrons. The predicted molar refractivity (Wildman–Crippen MR) is 181 cm³/mol. The molecule has 3 N–H and O–H groups in total. The fraction of sp³-hybridized carbons (Fsp3) is 0.703. The van der Waals surface area contributed by atoms with Crippen molar-refractivity contribution in [2.75, 3.05) is 27.4 Å². The molecule has 0 aliphatic carbocycles. The van der Waals surface area contributed by atoms with Gasteiger partial charge in [0, 0.05) is 38.9 Å². The number of ether oxygens (including phenoxy) is 3. The normalized spacial score (nSPS) is 13.5. The SMILES string of the molecule is CCCCCCCC(=O)CCCCCC/C=C/[C@H](C(=O)N[C@@H](Cc1ccc(OCCCC)cc1)C(=O)OC)[C@@H](CCOC)C(O)O. The van der Waals surface area contributed by atoms with Gasteiger partial charge in [-0.05, 0) is 56.2 Å². The Hall–Kier alpha value is -2.75. The summed E-state index contributed by atoms with van der Waals surface area (Å²) in [6, 6.07) is 6.42. The predicted octanol–water partition coefficient (Wildman–Crippen LogP) is 6.47. The molecule has 9 nitrogen and oxygen atoms in total. The molecule has 0 aliphatic rings. The molecule has 0 heterocycles. The number of aliphatic hydroxyl groups excluding tert-OH is 1. The van der Waals surface area contributed by atoms with Crippen molar-refractivity contribution in [3.8, 4) is 5.75 Å². The van der Waals surface area contributed by atoms with Crippen LogP contribution in [0.3, 0.4) is 0 Å². The summed E-state index contributed by atoms with van der Waals surface area (Å²) in [6.07, 6.45) is 15.8. The molecular weight excluding hydrogens is 586 g/mol. The van der Waals surface area contributed by atoms with Crippen LogP contribution in [0.5, 0.6) is 5.75 Å². The van der Waals surface area contributed by atoms with Gasteiger partial charge in [0.2, 0.25) is 5.91 Å². The molecule has 0 unspecified atom stereocenters. The highest BCUT2D eigenvalue weighted by molar-refractivity contribution is 5.87. The summed E-state index contributed by atoms with van der Waals surface area (Å²) in [5.74, 6) is -1.72. The lowest BCUT2D eigenvalue weighted by molar-refractivity contribution is -0.147. The summed E-state index contributed by atoms with van der Waals surface area (Å²) >= 11 is 0. The second kappa shape index (κ2) is 26.3. The van der Waals surface area contributed by atoms with Crippen molar-refractivity contribution in [3.63, 3.8) is 0 Å². The molecule has 1 amide bonds. The molecule has 46 heavy (non-hydrogen) atoms. The van der Waals surface area contributed by atoms with Crippen molar-refractivity contribution in [1.29, 1.82) is 0 Å². The van der Waals surface area contributed by atoms with Gasteiger partial charge < -0.3 is 29.7 Å². The number of methoxy groups -OCH3 is 2. The van der Waals surface area contributed by atoms with Crippen LogP contribution in [0.2, 0.25) is 0 Å². The van der Waals surface area contributed by atoms with Gasteiger partial charge >= 0.3 is 5.97 Å². The highest BCUT2D eigenvalue weighted by Gasteiger charge is 2.33. The molecule has 3 atom stereocenters. The van der Waals surface area contributed by atoms with Gasteiger partial charge in [-0.15, -0.1) is 0 Å². The van der Waals surface area contributed by atoms with Gasteiger partial charge in [0.05, 0.1) is 19.6 Å². The van der Waals surface area contributed by atoms with Crippen molar-refractivity contribution in [2.24, 2.45) is 11.8 Å².